The second kappa shape index (κ2) is 5.54. The van der Waals surface area contributed by atoms with E-state index in [1.807, 2.05) is 19.2 Å². The predicted molar refractivity (Wildman–Crippen MR) is 68.4 cm³/mol. The Labute approximate surface area is 109 Å². The van der Waals surface area contributed by atoms with Crippen LogP contribution in [0.1, 0.15) is 36.5 Å². The SMILES string of the molecule is CC(NC(C)c1nccs1)c1ccc(F)c(F)c1. The van der Waals surface area contributed by atoms with E-state index in [1.165, 1.54) is 6.07 Å². The molecule has 0 saturated carbocycles. The molecule has 1 N–H and O–H groups in total. The Bertz CT molecular complexity index is 514. The molecule has 0 spiro atoms. The van der Waals surface area contributed by atoms with Crippen LogP contribution in [0.2, 0.25) is 0 Å². The molecule has 0 fully saturated rings. The first-order valence-corrected chi connectivity index (χ1v) is 6.56. The number of hydrogen-bond donors (Lipinski definition) is 1. The van der Waals surface area contributed by atoms with Crippen LogP contribution >= 0.6 is 11.3 Å². The standard InChI is InChI=1S/C13H14F2N2S/c1-8(10-3-4-11(14)12(15)7-10)17-9(2)13-16-5-6-18-13/h3-9,17H,1-2H3. The summed E-state index contributed by atoms with van der Waals surface area (Å²) < 4.78 is 26.0. The van der Waals surface area contributed by atoms with E-state index in [1.54, 1.807) is 23.6 Å². The molecule has 2 aromatic rings. The molecular weight excluding hydrogens is 254 g/mol. The third-order valence-electron chi connectivity index (χ3n) is 2.77. The van der Waals surface area contributed by atoms with Crippen LogP contribution in [0.25, 0.3) is 0 Å². The fourth-order valence-electron chi connectivity index (χ4n) is 1.77. The van der Waals surface area contributed by atoms with Crippen molar-refractivity contribution in [1.82, 2.24) is 10.3 Å². The first kappa shape index (κ1) is 13.1. The van der Waals surface area contributed by atoms with Gasteiger partial charge in [0.1, 0.15) is 5.01 Å². The lowest BCUT2D eigenvalue weighted by molar-refractivity contribution is 0.479. The van der Waals surface area contributed by atoms with Gasteiger partial charge in [-0.1, -0.05) is 6.07 Å². The quantitative estimate of drug-likeness (QED) is 0.911. The highest BCUT2D eigenvalue weighted by Gasteiger charge is 2.14. The molecule has 0 aliphatic rings. The number of rotatable bonds is 4. The zero-order chi connectivity index (χ0) is 13.1. The van der Waals surface area contributed by atoms with Crippen molar-refractivity contribution in [3.63, 3.8) is 0 Å². The second-order valence-corrected chi connectivity index (χ2v) is 5.08. The van der Waals surface area contributed by atoms with Crippen LogP contribution in [0.4, 0.5) is 8.78 Å². The average molecular weight is 268 g/mol. The number of nitrogens with one attached hydrogen (secondary N) is 1. The minimum absolute atomic E-state index is 0.0704. The minimum atomic E-state index is -0.820. The Morgan fingerprint density at radius 1 is 1.17 bits per heavy atom. The third-order valence-corrected chi connectivity index (χ3v) is 3.72. The summed E-state index contributed by atoms with van der Waals surface area (Å²) in [6.45, 7) is 3.91. The summed E-state index contributed by atoms with van der Waals surface area (Å²) in [5, 5.41) is 6.19. The highest BCUT2D eigenvalue weighted by molar-refractivity contribution is 7.09. The molecule has 0 radical (unpaired) electrons. The zero-order valence-electron chi connectivity index (χ0n) is 10.2. The van der Waals surface area contributed by atoms with E-state index in [9.17, 15) is 8.78 Å². The number of nitrogens with zero attached hydrogens (tertiary/aromatic N) is 1. The van der Waals surface area contributed by atoms with Crippen LogP contribution in [-0.4, -0.2) is 4.98 Å². The monoisotopic (exact) mass is 268 g/mol. The van der Waals surface area contributed by atoms with Crippen molar-refractivity contribution in [2.45, 2.75) is 25.9 Å². The summed E-state index contributed by atoms with van der Waals surface area (Å²) in [6, 6.07) is 3.97. The van der Waals surface area contributed by atoms with E-state index in [4.69, 9.17) is 0 Å². The van der Waals surface area contributed by atoms with Gasteiger partial charge in [0.05, 0.1) is 6.04 Å². The molecule has 0 amide bonds. The summed E-state index contributed by atoms with van der Waals surface area (Å²) in [7, 11) is 0. The Balaban J connectivity index is 2.07. The Morgan fingerprint density at radius 3 is 2.56 bits per heavy atom. The third kappa shape index (κ3) is 2.91. The normalized spacial score (nSPS) is 14.4. The van der Waals surface area contributed by atoms with E-state index in [0.717, 1.165) is 16.6 Å². The summed E-state index contributed by atoms with van der Waals surface area (Å²) in [4.78, 5) is 4.22. The number of halogens is 2. The van der Waals surface area contributed by atoms with Crippen molar-refractivity contribution in [1.29, 1.82) is 0 Å². The largest absolute Gasteiger partial charge is 0.302 e. The van der Waals surface area contributed by atoms with E-state index >= 15 is 0 Å². The molecule has 2 atom stereocenters. The molecule has 0 aliphatic heterocycles. The van der Waals surface area contributed by atoms with Gasteiger partial charge in [-0.25, -0.2) is 13.8 Å². The van der Waals surface area contributed by atoms with Gasteiger partial charge in [0.2, 0.25) is 0 Å². The molecule has 0 saturated heterocycles. The summed E-state index contributed by atoms with van der Waals surface area (Å²) in [5.41, 5.74) is 0.720. The molecular formula is C13H14F2N2S. The van der Waals surface area contributed by atoms with Crippen molar-refractivity contribution in [3.05, 3.63) is 52.0 Å². The van der Waals surface area contributed by atoms with Crippen molar-refractivity contribution in [2.75, 3.05) is 0 Å². The smallest absolute Gasteiger partial charge is 0.159 e. The summed E-state index contributed by atoms with van der Waals surface area (Å²) >= 11 is 1.57. The zero-order valence-corrected chi connectivity index (χ0v) is 11.0. The number of hydrogen-bond acceptors (Lipinski definition) is 3. The lowest BCUT2D eigenvalue weighted by Gasteiger charge is -2.19. The Kier molecular flexibility index (Phi) is 4.04. The van der Waals surface area contributed by atoms with Gasteiger partial charge in [0.15, 0.2) is 11.6 Å². The molecule has 2 nitrogen and oxygen atoms in total. The molecule has 2 unspecified atom stereocenters. The van der Waals surface area contributed by atoms with Gasteiger partial charge in [0, 0.05) is 17.6 Å². The molecule has 18 heavy (non-hydrogen) atoms. The Morgan fingerprint density at radius 2 is 1.94 bits per heavy atom. The van der Waals surface area contributed by atoms with E-state index < -0.39 is 11.6 Å². The summed E-state index contributed by atoms with van der Waals surface area (Å²) in [5.74, 6) is -1.64. The van der Waals surface area contributed by atoms with Crippen LogP contribution in [0.5, 0.6) is 0 Å². The molecule has 96 valence electrons. The van der Waals surface area contributed by atoms with E-state index in [0.29, 0.717) is 0 Å². The number of thiazole rings is 1. The van der Waals surface area contributed by atoms with Gasteiger partial charge >= 0.3 is 0 Å². The molecule has 1 heterocycles. The number of benzene rings is 1. The van der Waals surface area contributed by atoms with Crippen LogP contribution in [0, 0.1) is 11.6 Å². The van der Waals surface area contributed by atoms with Crippen molar-refractivity contribution in [3.8, 4) is 0 Å². The molecule has 1 aromatic carbocycles. The van der Waals surface area contributed by atoms with Gasteiger partial charge in [-0.3, -0.25) is 0 Å². The first-order valence-electron chi connectivity index (χ1n) is 5.68. The van der Waals surface area contributed by atoms with Crippen molar-refractivity contribution >= 4 is 11.3 Å². The van der Waals surface area contributed by atoms with Crippen LogP contribution in [-0.2, 0) is 0 Å². The highest BCUT2D eigenvalue weighted by atomic mass is 32.1. The predicted octanol–water partition coefficient (Wildman–Crippen LogP) is 3.83. The van der Waals surface area contributed by atoms with Gasteiger partial charge in [0.25, 0.3) is 0 Å². The van der Waals surface area contributed by atoms with Crippen LogP contribution < -0.4 is 5.32 Å². The maximum atomic E-state index is 13.1. The van der Waals surface area contributed by atoms with Gasteiger partial charge < -0.3 is 5.32 Å². The van der Waals surface area contributed by atoms with Crippen molar-refractivity contribution < 1.29 is 8.78 Å². The Hall–Kier alpha value is -1.33. The topological polar surface area (TPSA) is 24.9 Å². The fourth-order valence-corrected chi connectivity index (χ4v) is 2.43. The van der Waals surface area contributed by atoms with Crippen LogP contribution in [0.3, 0.4) is 0 Å². The van der Waals surface area contributed by atoms with Gasteiger partial charge in [-0.15, -0.1) is 11.3 Å². The molecule has 5 heteroatoms. The highest BCUT2D eigenvalue weighted by Crippen LogP contribution is 2.21. The lowest BCUT2D eigenvalue weighted by atomic mass is 10.1. The minimum Gasteiger partial charge on any atom is -0.302 e. The van der Waals surface area contributed by atoms with Crippen LogP contribution in [0.15, 0.2) is 29.8 Å². The van der Waals surface area contributed by atoms with Gasteiger partial charge in [-0.05, 0) is 31.5 Å². The average Bonchev–Trinajstić information content (AvgIpc) is 2.86. The molecule has 0 bridgehead atoms. The maximum Gasteiger partial charge on any atom is 0.159 e. The summed E-state index contributed by atoms with van der Waals surface area (Å²) in [6.07, 6.45) is 1.75. The molecule has 0 aliphatic carbocycles. The second-order valence-electron chi connectivity index (χ2n) is 4.15. The van der Waals surface area contributed by atoms with E-state index in [2.05, 4.69) is 10.3 Å². The molecule has 2 rings (SSSR count). The molecule has 1 aromatic heterocycles. The van der Waals surface area contributed by atoms with Crippen molar-refractivity contribution in [2.24, 2.45) is 0 Å². The van der Waals surface area contributed by atoms with Gasteiger partial charge in [-0.2, -0.15) is 0 Å². The lowest BCUT2D eigenvalue weighted by Crippen LogP contribution is -2.22. The first-order chi connectivity index (χ1) is 8.58. The fraction of sp³-hybridized carbons (Fsp3) is 0.308. The van der Waals surface area contributed by atoms with E-state index in [-0.39, 0.29) is 12.1 Å². The maximum absolute atomic E-state index is 13.1. The number of aromatic nitrogens is 1.